The van der Waals surface area contributed by atoms with E-state index in [0.717, 1.165) is 24.3 Å². The van der Waals surface area contributed by atoms with Crippen molar-refractivity contribution in [3.05, 3.63) is 33.8 Å². The molecular formula is C16H19BrF3N. The third-order valence-electron chi connectivity index (χ3n) is 5.16. The summed E-state index contributed by atoms with van der Waals surface area (Å²) in [5.74, 6) is 2.16. The van der Waals surface area contributed by atoms with E-state index in [1.807, 2.05) is 0 Å². The summed E-state index contributed by atoms with van der Waals surface area (Å²) >= 11 is 3.34. The Morgan fingerprint density at radius 2 is 2.00 bits per heavy atom. The molecule has 0 heterocycles. The van der Waals surface area contributed by atoms with Crippen LogP contribution in [0.4, 0.5) is 13.2 Å². The molecule has 0 spiro atoms. The first-order valence-electron chi connectivity index (χ1n) is 7.47. The highest BCUT2D eigenvalue weighted by molar-refractivity contribution is 9.10. The van der Waals surface area contributed by atoms with Crippen LogP contribution in [0.1, 0.15) is 49.3 Å². The van der Waals surface area contributed by atoms with Gasteiger partial charge >= 0.3 is 6.18 Å². The lowest BCUT2D eigenvalue weighted by Gasteiger charge is -2.25. The Labute approximate surface area is 131 Å². The van der Waals surface area contributed by atoms with Gasteiger partial charge in [-0.2, -0.15) is 13.2 Å². The molecule has 2 fully saturated rings. The molecule has 0 saturated heterocycles. The van der Waals surface area contributed by atoms with E-state index in [1.165, 1.54) is 37.8 Å². The first-order valence-corrected chi connectivity index (χ1v) is 8.26. The van der Waals surface area contributed by atoms with Crippen LogP contribution in [0.2, 0.25) is 0 Å². The number of hydrogen-bond donors (Lipinski definition) is 1. The summed E-state index contributed by atoms with van der Waals surface area (Å²) in [6.07, 6.45) is 1.56. The minimum atomic E-state index is -4.32. The third kappa shape index (κ3) is 3.14. The van der Waals surface area contributed by atoms with Crippen LogP contribution in [0.25, 0.3) is 0 Å². The summed E-state index contributed by atoms with van der Waals surface area (Å²) in [4.78, 5) is 0. The number of hydrogen-bond acceptors (Lipinski definition) is 1. The predicted molar refractivity (Wildman–Crippen MR) is 79.6 cm³/mol. The van der Waals surface area contributed by atoms with Gasteiger partial charge in [-0.05, 0) is 67.2 Å². The van der Waals surface area contributed by atoms with E-state index in [2.05, 4.69) is 15.9 Å². The maximum atomic E-state index is 12.8. The van der Waals surface area contributed by atoms with E-state index in [9.17, 15) is 13.2 Å². The minimum absolute atomic E-state index is 0.328. The minimum Gasteiger partial charge on any atom is -0.324 e. The fraction of sp³-hybridized carbons (Fsp3) is 0.625. The average molecular weight is 362 g/mol. The first kappa shape index (κ1) is 15.3. The van der Waals surface area contributed by atoms with Crippen LogP contribution >= 0.6 is 15.9 Å². The highest BCUT2D eigenvalue weighted by atomic mass is 79.9. The van der Waals surface area contributed by atoms with Gasteiger partial charge in [-0.3, -0.25) is 0 Å². The van der Waals surface area contributed by atoms with Gasteiger partial charge in [-0.25, -0.2) is 0 Å². The lowest BCUT2D eigenvalue weighted by molar-refractivity contribution is -0.137. The second-order valence-corrected chi connectivity index (χ2v) is 7.37. The molecule has 3 rings (SSSR count). The van der Waals surface area contributed by atoms with E-state index in [-0.39, 0.29) is 6.04 Å². The van der Waals surface area contributed by atoms with E-state index < -0.39 is 11.7 Å². The highest BCUT2D eigenvalue weighted by Gasteiger charge is 2.40. The Bertz CT molecular complexity index is 529. The monoisotopic (exact) mass is 361 g/mol. The molecule has 21 heavy (non-hydrogen) atoms. The molecule has 0 aliphatic heterocycles. The number of alkyl halides is 3. The molecular weight excluding hydrogens is 343 g/mol. The SMILES string of the molecule is NC(CC1CC2CCC1C2)c1cc(C(F)(F)F)ccc1Br. The van der Waals surface area contributed by atoms with Gasteiger partial charge in [0.25, 0.3) is 0 Å². The van der Waals surface area contributed by atoms with E-state index in [4.69, 9.17) is 5.73 Å². The van der Waals surface area contributed by atoms with Crippen molar-refractivity contribution >= 4 is 15.9 Å². The van der Waals surface area contributed by atoms with Crippen molar-refractivity contribution in [2.24, 2.45) is 23.5 Å². The van der Waals surface area contributed by atoms with Crippen molar-refractivity contribution in [1.29, 1.82) is 0 Å². The molecule has 1 nitrogen and oxygen atoms in total. The molecule has 2 aliphatic rings. The van der Waals surface area contributed by atoms with Crippen molar-refractivity contribution in [1.82, 2.24) is 0 Å². The van der Waals surface area contributed by atoms with Crippen molar-refractivity contribution in [3.63, 3.8) is 0 Å². The second kappa shape index (κ2) is 5.58. The largest absolute Gasteiger partial charge is 0.416 e. The van der Waals surface area contributed by atoms with Crippen LogP contribution < -0.4 is 5.73 Å². The zero-order valence-corrected chi connectivity index (χ0v) is 13.3. The summed E-state index contributed by atoms with van der Waals surface area (Å²) < 4.78 is 39.2. The smallest absolute Gasteiger partial charge is 0.324 e. The van der Waals surface area contributed by atoms with Crippen LogP contribution in [-0.4, -0.2) is 0 Å². The second-order valence-electron chi connectivity index (χ2n) is 6.51. The normalized spacial score (nSPS) is 29.9. The third-order valence-corrected chi connectivity index (χ3v) is 5.89. The zero-order chi connectivity index (χ0) is 15.2. The molecule has 4 atom stereocenters. The Kier molecular flexibility index (Phi) is 4.08. The number of benzene rings is 1. The number of rotatable bonds is 3. The van der Waals surface area contributed by atoms with E-state index in [0.29, 0.717) is 16.0 Å². The summed E-state index contributed by atoms with van der Waals surface area (Å²) in [6.45, 7) is 0. The molecule has 2 aliphatic carbocycles. The van der Waals surface area contributed by atoms with Crippen molar-refractivity contribution in [3.8, 4) is 0 Å². The van der Waals surface area contributed by atoms with Gasteiger partial charge in [0.05, 0.1) is 5.56 Å². The predicted octanol–water partition coefficient (Wildman–Crippen LogP) is 5.29. The number of nitrogens with two attached hydrogens (primary N) is 1. The highest BCUT2D eigenvalue weighted by Crippen LogP contribution is 2.51. The fourth-order valence-electron chi connectivity index (χ4n) is 4.12. The topological polar surface area (TPSA) is 26.0 Å². The molecule has 116 valence electrons. The molecule has 0 amide bonds. The number of fused-ring (bicyclic) bond motifs is 2. The molecule has 2 N–H and O–H groups in total. The standard InChI is InChI=1S/C16H19BrF3N/c17-14-4-3-12(16(18,19)20)8-13(14)15(21)7-11-6-9-1-2-10(11)5-9/h3-4,8-11,15H,1-2,5-7,21H2. The van der Waals surface area contributed by atoms with Crippen LogP contribution in [0.5, 0.6) is 0 Å². The molecule has 2 saturated carbocycles. The maximum absolute atomic E-state index is 12.8. The van der Waals surface area contributed by atoms with Gasteiger partial charge in [-0.15, -0.1) is 0 Å². The van der Waals surface area contributed by atoms with Gasteiger partial charge in [0, 0.05) is 10.5 Å². The van der Waals surface area contributed by atoms with Gasteiger partial charge in [0.1, 0.15) is 0 Å². The molecule has 1 aromatic carbocycles. The van der Waals surface area contributed by atoms with Gasteiger partial charge in [-0.1, -0.05) is 22.4 Å². The van der Waals surface area contributed by atoms with Gasteiger partial charge < -0.3 is 5.73 Å². The quantitative estimate of drug-likeness (QED) is 0.777. The number of halogens is 4. The van der Waals surface area contributed by atoms with Crippen molar-refractivity contribution < 1.29 is 13.2 Å². The van der Waals surface area contributed by atoms with Crippen LogP contribution in [0.15, 0.2) is 22.7 Å². The summed E-state index contributed by atoms with van der Waals surface area (Å²) in [7, 11) is 0. The van der Waals surface area contributed by atoms with E-state index in [1.54, 1.807) is 0 Å². The molecule has 0 aromatic heterocycles. The van der Waals surface area contributed by atoms with Crippen molar-refractivity contribution in [2.75, 3.05) is 0 Å². The fourth-order valence-corrected chi connectivity index (χ4v) is 4.66. The van der Waals surface area contributed by atoms with Crippen LogP contribution in [0.3, 0.4) is 0 Å². The average Bonchev–Trinajstić information content (AvgIpc) is 2.99. The molecule has 2 bridgehead atoms. The molecule has 0 radical (unpaired) electrons. The first-order chi connectivity index (χ1) is 9.84. The Hall–Kier alpha value is -0.550. The Balaban J connectivity index is 1.76. The van der Waals surface area contributed by atoms with Crippen molar-refractivity contribution in [2.45, 2.75) is 44.3 Å². The molecule has 4 unspecified atom stereocenters. The summed E-state index contributed by atoms with van der Waals surface area (Å²) in [5.41, 5.74) is 6.18. The van der Waals surface area contributed by atoms with Crippen LogP contribution in [0, 0.1) is 17.8 Å². The Morgan fingerprint density at radius 3 is 2.57 bits per heavy atom. The molecule has 1 aromatic rings. The zero-order valence-electron chi connectivity index (χ0n) is 11.7. The maximum Gasteiger partial charge on any atom is 0.416 e. The lowest BCUT2D eigenvalue weighted by atomic mass is 9.83. The van der Waals surface area contributed by atoms with E-state index >= 15 is 0 Å². The molecule has 5 heteroatoms. The van der Waals surface area contributed by atoms with Crippen LogP contribution in [-0.2, 0) is 6.18 Å². The Morgan fingerprint density at radius 1 is 1.24 bits per heavy atom. The van der Waals surface area contributed by atoms with Gasteiger partial charge in [0.2, 0.25) is 0 Å². The summed E-state index contributed by atoms with van der Waals surface area (Å²) in [5, 5.41) is 0. The van der Waals surface area contributed by atoms with Gasteiger partial charge in [0.15, 0.2) is 0 Å². The summed E-state index contributed by atoms with van der Waals surface area (Å²) in [6, 6.07) is 3.42. The lowest BCUT2D eigenvalue weighted by Crippen LogP contribution is -2.20.